The summed E-state index contributed by atoms with van der Waals surface area (Å²) in [5.74, 6) is 1.48. The monoisotopic (exact) mass is 291 g/mol. The van der Waals surface area contributed by atoms with Crippen molar-refractivity contribution in [3.8, 4) is 0 Å². The zero-order valence-corrected chi connectivity index (χ0v) is 13.9. The van der Waals surface area contributed by atoms with Crippen molar-refractivity contribution in [2.75, 3.05) is 0 Å². The molecule has 0 aliphatic heterocycles. The number of nitrogens with zero attached hydrogens (tertiary/aromatic N) is 2. The van der Waals surface area contributed by atoms with Crippen molar-refractivity contribution in [1.29, 1.82) is 0 Å². The molecule has 0 saturated heterocycles. The molecule has 2 rings (SSSR count). The van der Waals surface area contributed by atoms with E-state index in [4.69, 9.17) is 0 Å². The molecule has 1 aliphatic rings. The maximum absolute atomic E-state index is 12.4. The summed E-state index contributed by atoms with van der Waals surface area (Å²) in [4.78, 5) is 12.4. The average molecular weight is 291 g/mol. The molecule has 0 bridgehead atoms. The molecule has 1 fully saturated rings. The van der Waals surface area contributed by atoms with Crippen LogP contribution in [0.3, 0.4) is 0 Å². The van der Waals surface area contributed by atoms with Crippen LogP contribution in [0.15, 0.2) is 6.20 Å². The molecular weight excluding hydrogens is 262 g/mol. The summed E-state index contributed by atoms with van der Waals surface area (Å²) in [7, 11) is 1.90. The average Bonchev–Trinajstić information content (AvgIpc) is 2.76. The number of hydrogen-bond acceptors (Lipinski definition) is 2. The number of aryl methyl sites for hydroxylation is 2. The second-order valence-corrected chi connectivity index (χ2v) is 6.60. The molecule has 0 spiro atoms. The molecule has 1 saturated carbocycles. The van der Waals surface area contributed by atoms with E-state index in [-0.39, 0.29) is 5.91 Å². The topological polar surface area (TPSA) is 46.9 Å². The summed E-state index contributed by atoms with van der Waals surface area (Å²) in [6, 6.07) is 0.359. The molecule has 0 aromatic carbocycles. The molecular formula is C17H29N3O. The van der Waals surface area contributed by atoms with Crippen LogP contribution in [-0.2, 0) is 18.3 Å². The summed E-state index contributed by atoms with van der Waals surface area (Å²) >= 11 is 0. The molecule has 118 valence electrons. The minimum absolute atomic E-state index is 0.145. The van der Waals surface area contributed by atoms with Gasteiger partial charge >= 0.3 is 0 Å². The van der Waals surface area contributed by atoms with E-state index in [0.29, 0.717) is 24.3 Å². The molecule has 1 aliphatic carbocycles. The fraction of sp³-hybridized carbons (Fsp3) is 0.765. The number of rotatable bonds is 5. The minimum Gasteiger partial charge on any atom is -0.353 e. The zero-order valence-electron chi connectivity index (χ0n) is 13.9. The van der Waals surface area contributed by atoms with Gasteiger partial charge in [-0.25, -0.2) is 0 Å². The number of carbonyl (C=O) groups is 1. The summed E-state index contributed by atoms with van der Waals surface area (Å²) in [5.41, 5.74) is 1.99. The zero-order chi connectivity index (χ0) is 15.4. The van der Waals surface area contributed by atoms with E-state index in [1.165, 1.54) is 25.7 Å². The van der Waals surface area contributed by atoms with Gasteiger partial charge in [-0.2, -0.15) is 5.10 Å². The highest BCUT2D eigenvalue weighted by atomic mass is 16.1. The maximum atomic E-state index is 12.4. The van der Waals surface area contributed by atoms with Crippen molar-refractivity contribution in [2.45, 2.75) is 65.3 Å². The standard InChI is InChI=1S/C17H29N3O/c1-5-12(2)15-8-6-7-9-16(15)18-17(21)10-14-11-20(4)19-13(14)3/h11-12,15-16H,5-10H2,1-4H3,(H,18,21). The predicted molar refractivity (Wildman–Crippen MR) is 85.0 cm³/mol. The van der Waals surface area contributed by atoms with Crippen LogP contribution in [0.4, 0.5) is 0 Å². The Hall–Kier alpha value is -1.32. The van der Waals surface area contributed by atoms with Gasteiger partial charge in [-0.3, -0.25) is 9.48 Å². The van der Waals surface area contributed by atoms with Crippen molar-refractivity contribution in [2.24, 2.45) is 18.9 Å². The van der Waals surface area contributed by atoms with Crippen LogP contribution in [-0.4, -0.2) is 21.7 Å². The molecule has 1 aromatic heterocycles. The van der Waals surface area contributed by atoms with Crippen LogP contribution in [0.1, 0.15) is 57.2 Å². The molecule has 3 unspecified atom stereocenters. The summed E-state index contributed by atoms with van der Waals surface area (Å²) in [6.07, 6.45) is 8.52. The van der Waals surface area contributed by atoms with Gasteiger partial charge in [0.25, 0.3) is 0 Å². The Bertz CT molecular complexity index is 480. The normalized spacial score (nSPS) is 23.8. The van der Waals surface area contributed by atoms with Crippen molar-refractivity contribution >= 4 is 5.91 Å². The van der Waals surface area contributed by atoms with Crippen LogP contribution in [0.25, 0.3) is 0 Å². The number of carbonyl (C=O) groups excluding carboxylic acids is 1. The first-order chi connectivity index (χ1) is 10.0. The van der Waals surface area contributed by atoms with Crippen LogP contribution >= 0.6 is 0 Å². The van der Waals surface area contributed by atoms with E-state index >= 15 is 0 Å². The van der Waals surface area contributed by atoms with Crippen molar-refractivity contribution in [1.82, 2.24) is 15.1 Å². The molecule has 0 radical (unpaired) electrons. The van der Waals surface area contributed by atoms with Gasteiger partial charge in [0.2, 0.25) is 5.91 Å². The van der Waals surface area contributed by atoms with Crippen molar-refractivity contribution in [3.05, 3.63) is 17.5 Å². The first-order valence-corrected chi connectivity index (χ1v) is 8.29. The van der Waals surface area contributed by atoms with Gasteiger partial charge in [0, 0.05) is 24.8 Å². The van der Waals surface area contributed by atoms with Crippen molar-refractivity contribution < 1.29 is 4.79 Å². The molecule has 1 N–H and O–H groups in total. The second-order valence-electron chi connectivity index (χ2n) is 6.60. The van der Waals surface area contributed by atoms with Crippen molar-refractivity contribution in [3.63, 3.8) is 0 Å². The fourth-order valence-electron chi connectivity index (χ4n) is 3.58. The number of nitrogens with one attached hydrogen (secondary N) is 1. The van der Waals surface area contributed by atoms with Crippen LogP contribution in [0, 0.1) is 18.8 Å². The van der Waals surface area contributed by atoms with Gasteiger partial charge in [0.05, 0.1) is 12.1 Å². The largest absolute Gasteiger partial charge is 0.353 e. The molecule has 4 heteroatoms. The smallest absolute Gasteiger partial charge is 0.224 e. The van der Waals surface area contributed by atoms with Gasteiger partial charge in [-0.15, -0.1) is 0 Å². The lowest BCUT2D eigenvalue weighted by atomic mass is 9.76. The summed E-state index contributed by atoms with van der Waals surface area (Å²) in [5, 5.41) is 7.60. The lowest BCUT2D eigenvalue weighted by Crippen LogP contribution is -2.44. The molecule has 21 heavy (non-hydrogen) atoms. The highest BCUT2D eigenvalue weighted by Gasteiger charge is 2.29. The highest BCUT2D eigenvalue weighted by Crippen LogP contribution is 2.32. The molecule has 4 nitrogen and oxygen atoms in total. The fourth-order valence-corrected chi connectivity index (χ4v) is 3.58. The predicted octanol–water partition coefficient (Wildman–Crippen LogP) is 2.99. The molecule has 1 aromatic rings. The maximum Gasteiger partial charge on any atom is 0.224 e. The van der Waals surface area contributed by atoms with Gasteiger partial charge in [-0.1, -0.05) is 33.1 Å². The van der Waals surface area contributed by atoms with E-state index in [1.54, 1.807) is 4.68 Å². The Morgan fingerprint density at radius 2 is 2.19 bits per heavy atom. The molecule has 1 heterocycles. The lowest BCUT2D eigenvalue weighted by molar-refractivity contribution is -0.121. The quantitative estimate of drug-likeness (QED) is 0.906. The summed E-state index contributed by atoms with van der Waals surface area (Å²) < 4.78 is 1.78. The Morgan fingerprint density at radius 1 is 1.48 bits per heavy atom. The third kappa shape index (κ3) is 4.08. The second kappa shape index (κ2) is 7.10. The van der Waals surface area contributed by atoms with E-state index < -0.39 is 0 Å². The number of aromatic nitrogens is 2. The van der Waals surface area contributed by atoms with Gasteiger partial charge in [0.15, 0.2) is 0 Å². The Balaban J connectivity index is 1.95. The molecule has 3 atom stereocenters. The summed E-state index contributed by atoms with van der Waals surface area (Å²) in [6.45, 7) is 6.53. The van der Waals surface area contributed by atoms with Gasteiger partial charge in [0.1, 0.15) is 0 Å². The minimum atomic E-state index is 0.145. The van der Waals surface area contributed by atoms with E-state index in [9.17, 15) is 4.79 Å². The number of amides is 1. The first-order valence-electron chi connectivity index (χ1n) is 8.29. The lowest BCUT2D eigenvalue weighted by Gasteiger charge is -2.36. The Labute approximate surface area is 128 Å². The van der Waals surface area contributed by atoms with Crippen LogP contribution in [0.2, 0.25) is 0 Å². The highest BCUT2D eigenvalue weighted by molar-refractivity contribution is 5.79. The Morgan fingerprint density at radius 3 is 2.81 bits per heavy atom. The van der Waals surface area contributed by atoms with Crippen LogP contribution < -0.4 is 5.32 Å². The third-order valence-corrected chi connectivity index (χ3v) is 5.01. The number of hydrogen-bond donors (Lipinski definition) is 1. The third-order valence-electron chi connectivity index (χ3n) is 5.01. The van der Waals surface area contributed by atoms with Gasteiger partial charge < -0.3 is 5.32 Å². The van der Waals surface area contributed by atoms with E-state index in [2.05, 4.69) is 24.3 Å². The van der Waals surface area contributed by atoms with E-state index in [1.807, 2.05) is 20.2 Å². The molecule has 1 amide bonds. The SMILES string of the molecule is CCC(C)C1CCCCC1NC(=O)Cc1cn(C)nc1C. The van der Waals surface area contributed by atoms with Crippen LogP contribution in [0.5, 0.6) is 0 Å². The van der Waals surface area contributed by atoms with Gasteiger partial charge in [-0.05, 0) is 31.6 Å². The Kier molecular flexibility index (Phi) is 5.43. The van der Waals surface area contributed by atoms with E-state index in [0.717, 1.165) is 17.7 Å². The first kappa shape index (κ1) is 16.1.